The van der Waals surface area contributed by atoms with Gasteiger partial charge in [0.25, 0.3) is 0 Å². The smallest absolute Gasteiger partial charge is 0.0546 e. The Balaban J connectivity index is 2.52. The van der Waals surface area contributed by atoms with E-state index in [0.29, 0.717) is 12.0 Å². The van der Waals surface area contributed by atoms with Crippen molar-refractivity contribution in [2.45, 2.75) is 32.8 Å². The van der Waals surface area contributed by atoms with Crippen LogP contribution < -0.4 is 0 Å². The molecular formula is C14H21BrO. The molecule has 0 spiro atoms. The summed E-state index contributed by atoms with van der Waals surface area (Å²) >= 11 is 3.59. The van der Waals surface area contributed by atoms with Crippen LogP contribution in [-0.2, 0) is 11.2 Å². The molecule has 1 aromatic rings. The molecule has 0 aliphatic heterocycles. The minimum absolute atomic E-state index is 0.341. The second-order valence-corrected chi connectivity index (χ2v) is 5.14. The van der Waals surface area contributed by atoms with Gasteiger partial charge in [0.15, 0.2) is 0 Å². The van der Waals surface area contributed by atoms with Crippen LogP contribution in [-0.4, -0.2) is 18.5 Å². The van der Waals surface area contributed by atoms with Crippen molar-refractivity contribution in [1.82, 2.24) is 0 Å². The molecule has 0 aromatic heterocycles. The van der Waals surface area contributed by atoms with Crippen molar-refractivity contribution in [1.29, 1.82) is 0 Å². The highest BCUT2D eigenvalue weighted by Gasteiger charge is 2.12. The van der Waals surface area contributed by atoms with E-state index in [1.165, 1.54) is 11.1 Å². The fourth-order valence-corrected chi connectivity index (χ4v) is 2.32. The van der Waals surface area contributed by atoms with Crippen molar-refractivity contribution in [3.8, 4) is 0 Å². The van der Waals surface area contributed by atoms with E-state index in [2.05, 4.69) is 54.0 Å². The Morgan fingerprint density at radius 3 is 2.38 bits per heavy atom. The molecule has 0 aliphatic carbocycles. The molecule has 0 saturated carbocycles. The average molecular weight is 285 g/mol. The summed E-state index contributed by atoms with van der Waals surface area (Å²) in [7, 11) is 1.78. The van der Waals surface area contributed by atoms with Crippen LogP contribution in [0.3, 0.4) is 0 Å². The lowest BCUT2D eigenvalue weighted by Crippen LogP contribution is -2.15. The maximum Gasteiger partial charge on any atom is 0.0546 e. The number of halogens is 1. The zero-order valence-corrected chi connectivity index (χ0v) is 12.0. The predicted octanol–water partition coefficient (Wildman–Crippen LogP) is 3.97. The number of hydrogen-bond acceptors (Lipinski definition) is 1. The quantitative estimate of drug-likeness (QED) is 0.718. The van der Waals surface area contributed by atoms with Crippen LogP contribution >= 0.6 is 15.9 Å². The van der Waals surface area contributed by atoms with Crippen LogP contribution in [0.1, 0.15) is 24.5 Å². The minimum Gasteiger partial charge on any atom is -0.382 e. The van der Waals surface area contributed by atoms with E-state index in [-0.39, 0.29) is 0 Å². The van der Waals surface area contributed by atoms with E-state index in [1.807, 2.05) is 0 Å². The van der Waals surface area contributed by atoms with E-state index < -0.39 is 0 Å². The van der Waals surface area contributed by atoms with Crippen molar-refractivity contribution in [2.75, 3.05) is 12.4 Å². The molecule has 2 atom stereocenters. The van der Waals surface area contributed by atoms with E-state index >= 15 is 0 Å². The first-order chi connectivity index (χ1) is 7.65. The van der Waals surface area contributed by atoms with Gasteiger partial charge < -0.3 is 4.74 Å². The van der Waals surface area contributed by atoms with E-state index in [1.54, 1.807) is 7.11 Å². The van der Waals surface area contributed by atoms with Crippen LogP contribution in [0, 0.1) is 12.8 Å². The molecule has 90 valence electrons. The fraction of sp³-hybridized carbons (Fsp3) is 0.571. The Morgan fingerprint density at radius 2 is 1.88 bits per heavy atom. The largest absolute Gasteiger partial charge is 0.382 e. The van der Waals surface area contributed by atoms with Crippen LogP contribution in [0.15, 0.2) is 24.3 Å². The van der Waals surface area contributed by atoms with E-state index in [9.17, 15) is 0 Å². The summed E-state index contributed by atoms with van der Waals surface area (Å²) in [5.41, 5.74) is 2.74. The molecule has 0 saturated heterocycles. The molecule has 0 fully saturated rings. The Bertz CT molecular complexity index is 294. The summed E-state index contributed by atoms with van der Waals surface area (Å²) in [4.78, 5) is 0. The number of rotatable bonds is 6. The molecule has 0 radical (unpaired) electrons. The van der Waals surface area contributed by atoms with Gasteiger partial charge in [0.2, 0.25) is 0 Å². The molecule has 1 rings (SSSR count). The molecule has 0 bridgehead atoms. The summed E-state index contributed by atoms with van der Waals surface area (Å²) in [5, 5.41) is 1.04. The molecule has 1 aromatic carbocycles. The topological polar surface area (TPSA) is 9.23 Å². The first-order valence-electron chi connectivity index (χ1n) is 5.80. The highest BCUT2D eigenvalue weighted by molar-refractivity contribution is 9.09. The van der Waals surface area contributed by atoms with Gasteiger partial charge in [-0.05, 0) is 38.2 Å². The fourth-order valence-electron chi connectivity index (χ4n) is 1.82. The summed E-state index contributed by atoms with van der Waals surface area (Å²) in [6.07, 6.45) is 2.57. The highest BCUT2D eigenvalue weighted by atomic mass is 79.9. The molecule has 0 amide bonds. The molecule has 0 aliphatic rings. The van der Waals surface area contributed by atoms with Gasteiger partial charge in [0.05, 0.1) is 6.10 Å². The molecular weight excluding hydrogens is 264 g/mol. The van der Waals surface area contributed by atoms with E-state index in [0.717, 1.165) is 18.2 Å². The molecule has 2 unspecified atom stereocenters. The lowest BCUT2D eigenvalue weighted by molar-refractivity contribution is 0.0981. The molecule has 2 heteroatoms. The highest BCUT2D eigenvalue weighted by Crippen LogP contribution is 2.18. The third-order valence-corrected chi connectivity index (χ3v) is 3.85. The second-order valence-electron chi connectivity index (χ2n) is 4.49. The average Bonchev–Trinajstić information content (AvgIpc) is 2.30. The predicted molar refractivity (Wildman–Crippen MR) is 73.3 cm³/mol. The zero-order chi connectivity index (χ0) is 12.0. The number of aryl methyl sites for hydroxylation is 1. The lowest BCUT2D eigenvalue weighted by atomic mass is 9.95. The third-order valence-electron chi connectivity index (χ3n) is 2.93. The van der Waals surface area contributed by atoms with Crippen LogP contribution in [0.5, 0.6) is 0 Å². The molecule has 0 heterocycles. The molecule has 1 nitrogen and oxygen atoms in total. The van der Waals surface area contributed by atoms with Crippen LogP contribution in [0.2, 0.25) is 0 Å². The van der Waals surface area contributed by atoms with Crippen LogP contribution in [0.25, 0.3) is 0 Å². The van der Waals surface area contributed by atoms with Gasteiger partial charge in [-0.1, -0.05) is 45.8 Å². The van der Waals surface area contributed by atoms with Gasteiger partial charge in [-0.25, -0.2) is 0 Å². The zero-order valence-electron chi connectivity index (χ0n) is 10.4. The van der Waals surface area contributed by atoms with E-state index in [4.69, 9.17) is 4.74 Å². The summed E-state index contributed by atoms with van der Waals surface area (Å²) in [6.45, 7) is 4.25. The summed E-state index contributed by atoms with van der Waals surface area (Å²) < 4.78 is 5.32. The first kappa shape index (κ1) is 13.7. The van der Waals surface area contributed by atoms with Gasteiger partial charge in [0, 0.05) is 12.4 Å². The lowest BCUT2D eigenvalue weighted by Gasteiger charge is -2.18. The standard InChI is InChI=1S/C14H21BrO/c1-11-4-6-13(7-5-11)9-14(10-15)8-12(2)16-3/h4-7,12,14H,8-10H2,1-3H3. The minimum atomic E-state index is 0.341. The van der Waals surface area contributed by atoms with Gasteiger partial charge in [0.1, 0.15) is 0 Å². The third kappa shape index (κ3) is 4.67. The maximum atomic E-state index is 5.32. The number of benzene rings is 1. The number of hydrogen-bond donors (Lipinski definition) is 0. The van der Waals surface area contributed by atoms with Gasteiger partial charge in [-0.3, -0.25) is 0 Å². The molecule has 0 N–H and O–H groups in total. The normalized spacial score (nSPS) is 14.8. The van der Waals surface area contributed by atoms with Crippen molar-refractivity contribution < 1.29 is 4.74 Å². The number of ether oxygens (including phenoxy) is 1. The summed E-state index contributed by atoms with van der Waals surface area (Å²) in [6, 6.07) is 8.81. The number of alkyl halides is 1. The monoisotopic (exact) mass is 284 g/mol. The maximum absolute atomic E-state index is 5.32. The Labute approximate surface area is 107 Å². The second kappa shape index (κ2) is 7.08. The van der Waals surface area contributed by atoms with Gasteiger partial charge in [-0.15, -0.1) is 0 Å². The van der Waals surface area contributed by atoms with Crippen molar-refractivity contribution >= 4 is 15.9 Å². The van der Waals surface area contributed by atoms with Crippen LogP contribution in [0.4, 0.5) is 0 Å². The Hall–Kier alpha value is -0.340. The van der Waals surface area contributed by atoms with Gasteiger partial charge in [-0.2, -0.15) is 0 Å². The molecule has 16 heavy (non-hydrogen) atoms. The van der Waals surface area contributed by atoms with Crippen molar-refractivity contribution in [2.24, 2.45) is 5.92 Å². The Kier molecular flexibility index (Phi) is 6.07. The van der Waals surface area contributed by atoms with Gasteiger partial charge >= 0.3 is 0 Å². The SMILES string of the molecule is COC(C)CC(CBr)Cc1ccc(C)cc1. The van der Waals surface area contributed by atoms with Crippen molar-refractivity contribution in [3.63, 3.8) is 0 Å². The summed E-state index contributed by atoms with van der Waals surface area (Å²) in [5.74, 6) is 0.651. The first-order valence-corrected chi connectivity index (χ1v) is 6.92. The van der Waals surface area contributed by atoms with Crippen molar-refractivity contribution in [3.05, 3.63) is 35.4 Å². The number of methoxy groups -OCH3 is 1. The Morgan fingerprint density at radius 1 is 1.25 bits per heavy atom.